The van der Waals surface area contributed by atoms with Gasteiger partial charge in [-0.05, 0) is 17.0 Å². The predicted molar refractivity (Wildman–Crippen MR) is 58.9 cm³/mol. The van der Waals surface area contributed by atoms with Crippen molar-refractivity contribution >= 4 is 17.3 Å². The highest BCUT2D eigenvalue weighted by molar-refractivity contribution is 7.12. The summed E-state index contributed by atoms with van der Waals surface area (Å²) in [7, 11) is 0. The van der Waals surface area contributed by atoms with Crippen LogP contribution in [0.15, 0.2) is 34.8 Å². The first-order valence-corrected chi connectivity index (χ1v) is 5.36. The second kappa shape index (κ2) is 4.28. The lowest BCUT2D eigenvalue weighted by Gasteiger charge is -2.03. The fourth-order valence-corrected chi connectivity index (χ4v) is 2.08. The second-order valence-electron chi connectivity index (χ2n) is 3.13. The lowest BCUT2D eigenvalue weighted by atomic mass is 10.2. The van der Waals surface area contributed by atoms with Gasteiger partial charge >= 0.3 is 5.97 Å². The normalized spacial score (nSPS) is 10.2. The average molecular weight is 236 g/mol. The summed E-state index contributed by atoms with van der Waals surface area (Å²) in [4.78, 5) is 26.4. The molecule has 2 aromatic heterocycles. The fourth-order valence-electron chi connectivity index (χ4n) is 1.33. The van der Waals surface area contributed by atoms with Crippen molar-refractivity contribution in [3.05, 3.63) is 50.8 Å². The average Bonchev–Trinajstić information content (AvgIpc) is 2.69. The van der Waals surface area contributed by atoms with E-state index in [0.29, 0.717) is 5.56 Å². The number of nitrogens with zero attached hydrogens (tertiary/aromatic N) is 2. The van der Waals surface area contributed by atoms with Crippen LogP contribution in [0.4, 0.5) is 0 Å². The largest absolute Gasteiger partial charge is 0.477 e. The number of carboxylic acid groups (broad SMARTS) is 1. The first-order chi connectivity index (χ1) is 7.68. The van der Waals surface area contributed by atoms with Gasteiger partial charge in [0.05, 0.1) is 12.9 Å². The molecule has 0 aliphatic heterocycles. The van der Waals surface area contributed by atoms with Gasteiger partial charge in [0.25, 0.3) is 5.56 Å². The van der Waals surface area contributed by atoms with Crippen LogP contribution in [0.5, 0.6) is 0 Å². The molecule has 0 saturated heterocycles. The maximum atomic E-state index is 11.4. The molecule has 0 spiro atoms. The van der Waals surface area contributed by atoms with Crippen LogP contribution in [0.2, 0.25) is 0 Å². The van der Waals surface area contributed by atoms with Gasteiger partial charge in [-0.15, -0.1) is 11.3 Å². The van der Waals surface area contributed by atoms with Crippen molar-refractivity contribution in [2.24, 2.45) is 0 Å². The molecule has 0 saturated carbocycles. The minimum atomic E-state index is -0.970. The summed E-state index contributed by atoms with van der Waals surface area (Å²) in [5, 5.41) is 10.6. The third kappa shape index (κ3) is 2.01. The molecule has 0 radical (unpaired) electrons. The summed E-state index contributed by atoms with van der Waals surface area (Å²) in [5.41, 5.74) is 0.421. The van der Waals surface area contributed by atoms with Crippen molar-refractivity contribution in [1.29, 1.82) is 0 Å². The van der Waals surface area contributed by atoms with Crippen LogP contribution in [0, 0.1) is 0 Å². The van der Waals surface area contributed by atoms with Gasteiger partial charge in [0.1, 0.15) is 4.88 Å². The van der Waals surface area contributed by atoms with Crippen molar-refractivity contribution in [3.8, 4) is 0 Å². The molecule has 5 nitrogen and oxygen atoms in total. The number of carboxylic acids is 1. The highest BCUT2D eigenvalue weighted by Crippen LogP contribution is 2.17. The number of aromatic carboxylic acids is 1. The lowest BCUT2D eigenvalue weighted by Crippen LogP contribution is -2.19. The Balaban J connectivity index is 2.35. The molecule has 2 heterocycles. The van der Waals surface area contributed by atoms with Crippen LogP contribution in [0.1, 0.15) is 15.2 Å². The Morgan fingerprint density at radius 2 is 2.31 bits per heavy atom. The zero-order valence-corrected chi connectivity index (χ0v) is 8.98. The minimum absolute atomic E-state index is 0.197. The fraction of sp³-hybridized carbons (Fsp3) is 0.100. The maximum absolute atomic E-state index is 11.4. The summed E-state index contributed by atoms with van der Waals surface area (Å²) >= 11 is 1.15. The molecule has 0 bridgehead atoms. The number of thiophene rings is 1. The highest BCUT2D eigenvalue weighted by atomic mass is 32.1. The number of aromatic nitrogens is 2. The Kier molecular flexibility index (Phi) is 2.82. The molecule has 0 aromatic carbocycles. The van der Waals surface area contributed by atoms with Crippen molar-refractivity contribution in [3.63, 3.8) is 0 Å². The summed E-state index contributed by atoms with van der Waals surface area (Å²) in [5.74, 6) is -0.970. The summed E-state index contributed by atoms with van der Waals surface area (Å²) in [6.07, 6.45) is 2.80. The van der Waals surface area contributed by atoms with E-state index in [4.69, 9.17) is 5.11 Å². The molecule has 6 heteroatoms. The van der Waals surface area contributed by atoms with Gasteiger partial charge in [0, 0.05) is 12.3 Å². The summed E-state index contributed by atoms with van der Waals surface area (Å²) in [6.45, 7) is 0.234. The molecule has 0 aliphatic rings. The van der Waals surface area contributed by atoms with E-state index in [-0.39, 0.29) is 17.0 Å². The van der Waals surface area contributed by atoms with Crippen molar-refractivity contribution in [2.75, 3.05) is 0 Å². The van der Waals surface area contributed by atoms with E-state index in [1.807, 2.05) is 0 Å². The lowest BCUT2D eigenvalue weighted by molar-refractivity contribution is 0.0701. The van der Waals surface area contributed by atoms with E-state index in [9.17, 15) is 9.59 Å². The van der Waals surface area contributed by atoms with Crippen LogP contribution in [-0.2, 0) is 6.54 Å². The molecular formula is C10H8N2O3S. The van der Waals surface area contributed by atoms with Gasteiger partial charge < -0.3 is 5.11 Å². The van der Waals surface area contributed by atoms with Gasteiger partial charge in [-0.25, -0.2) is 9.78 Å². The zero-order chi connectivity index (χ0) is 11.5. The van der Waals surface area contributed by atoms with Gasteiger partial charge in [-0.3, -0.25) is 9.36 Å². The maximum Gasteiger partial charge on any atom is 0.346 e. The molecule has 2 aromatic rings. The first-order valence-electron chi connectivity index (χ1n) is 4.48. The molecule has 0 aliphatic carbocycles. The number of carbonyl (C=O) groups is 1. The molecule has 2 rings (SSSR count). The van der Waals surface area contributed by atoms with E-state index in [1.165, 1.54) is 23.2 Å². The Morgan fingerprint density at radius 1 is 1.50 bits per heavy atom. The van der Waals surface area contributed by atoms with E-state index in [2.05, 4.69) is 4.98 Å². The van der Waals surface area contributed by atoms with Crippen molar-refractivity contribution < 1.29 is 9.90 Å². The molecule has 0 amide bonds. The molecule has 16 heavy (non-hydrogen) atoms. The third-order valence-electron chi connectivity index (χ3n) is 2.07. The minimum Gasteiger partial charge on any atom is -0.477 e. The van der Waals surface area contributed by atoms with Crippen LogP contribution in [0.3, 0.4) is 0 Å². The predicted octanol–water partition coefficient (Wildman–Crippen LogP) is 1.05. The molecule has 82 valence electrons. The van der Waals surface area contributed by atoms with Crippen LogP contribution < -0.4 is 5.56 Å². The smallest absolute Gasteiger partial charge is 0.346 e. The van der Waals surface area contributed by atoms with E-state index < -0.39 is 5.97 Å². The Bertz CT molecular complexity index is 573. The molecule has 0 unspecified atom stereocenters. The van der Waals surface area contributed by atoms with Crippen LogP contribution >= 0.6 is 11.3 Å². The highest BCUT2D eigenvalue weighted by Gasteiger charge is 2.11. The van der Waals surface area contributed by atoms with Crippen molar-refractivity contribution in [2.45, 2.75) is 6.54 Å². The van der Waals surface area contributed by atoms with Gasteiger partial charge in [0.15, 0.2) is 0 Å². The standard InChI is InChI=1S/C10H8N2O3S/c13-8-1-3-11-6-12(8)5-7-2-4-16-9(7)10(14)15/h1-4,6H,5H2,(H,14,15). The van der Waals surface area contributed by atoms with Crippen molar-refractivity contribution in [1.82, 2.24) is 9.55 Å². The first kappa shape index (κ1) is 10.6. The Hall–Kier alpha value is -1.95. The summed E-state index contributed by atoms with van der Waals surface area (Å²) < 4.78 is 1.37. The number of hydrogen-bond acceptors (Lipinski definition) is 4. The van der Waals surface area contributed by atoms with E-state index in [0.717, 1.165) is 11.3 Å². The Morgan fingerprint density at radius 3 is 3.00 bits per heavy atom. The monoisotopic (exact) mass is 236 g/mol. The number of hydrogen-bond donors (Lipinski definition) is 1. The van der Waals surface area contributed by atoms with Crippen LogP contribution in [-0.4, -0.2) is 20.6 Å². The third-order valence-corrected chi connectivity index (χ3v) is 3.02. The van der Waals surface area contributed by atoms with E-state index >= 15 is 0 Å². The van der Waals surface area contributed by atoms with Gasteiger partial charge in [-0.2, -0.15) is 0 Å². The molecule has 1 N–H and O–H groups in total. The molecular weight excluding hydrogens is 228 g/mol. The molecule has 0 fully saturated rings. The van der Waals surface area contributed by atoms with Gasteiger partial charge in [0.2, 0.25) is 0 Å². The van der Waals surface area contributed by atoms with E-state index in [1.54, 1.807) is 11.4 Å². The summed E-state index contributed by atoms with van der Waals surface area (Å²) in [6, 6.07) is 3.04. The van der Waals surface area contributed by atoms with Gasteiger partial charge in [-0.1, -0.05) is 0 Å². The van der Waals surface area contributed by atoms with Crippen LogP contribution in [0.25, 0.3) is 0 Å². The second-order valence-corrected chi connectivity index (χ2v) is 4.04. The number of rotatable bonds is 3. The quantitative estimate of drug-likeness (QED) is 0.864. The SMILES string of the molecule is O=C(O)c1sccc1Cn1cnccc1=O. The zero-order valence-electron chi connectivity index (χ0n) is 8.16. The molecule has 0 atom stereocenters. The topological polar surface area (TPSA) is 72.2 Å². The Labute approximate surface area is 94.6 Å².